The van der Waals surface area contributed by atoms with E-state index in [0.29, 0.717) is 15.1 Å². The van der Waals surface area contributed by atoms with Crippen LogP contribution in [0.1, 0.15) is 16.7 Å². The number of thioether (sulfide) groups is 2. The number of amides is 1. The Hall–Kier alpha value is -2.08. The van der Waals surface area contributed by atoms with Gasteiger partial charge < -0.3 is 0 Å². The summed E-state index contributed by atoms with van der Waals surface area (Å²) in [6.07, 6.45) is -3.52. The third-order valence-electron chi connectivity index (χ3n) is 3.65. The van der Waals surface area contributed by atoms with E-state index < -0.39 is 17.6 Å². The van der Waals surface area contributed by atoms with Gasteiger partial charge in [0.25, 0.3) is 5.91 Å². The first-order chi connectivity index (χ1) is 14.8. The van der Waals surface area contributed by atoms with Gasteiger partial charge in [-0.3, -0.25) is 4.79 Å². The summed E-state index contributed by atoms with van der Waals surface area (Å²) in [4.78, 5) is 11.9. The highest BCUT2D eigenvalue weighted by Gasteiger charge is 2.32. The van der Waals surface area contributed by atoms with E-state index in [4.69, 9.17) is 11.6 Å². The highest BCUT2D eigenvalue weighted by molar-refractivity contribution is 8.03. The molecule has 31 heavy (non-hydrogen) atoms. The van der Waals surface area contributed by atoms with Crippen molar-refractivity contribution in [3.05, 3.63) is 70.2 Å². The molecule has 0 aliphatic rings. The molecule has 3 aromatic rings. The Morgan fingerprint density at radius 1 is 1.10 bits per heavy atom. The molecule has 0 fully saturated rings. The maximum atomic E-state index is 12.9. The van der Waals surface area contributed by atoms with Crippen LogP contribution in [0, 0.1) is 0 Å². The number of alkyl halides is 3. The van der Waals surface area contributed by atoms with Crippen molar-refractivity contribution in [2.75, 3.05) is 5.75 Å². The number of hydrogen-bond donors (Lipinski definition) is 1. The first-order valence-corrected chi connectivity index (χ1v) is 11.8. The summed E-state index contributed by atoms with van der Waals surface area (Å²) in [5.74, 6) is 0.260. The van der Waals surface area contributed by atoms with Crippen molar-refractivity contribution in [1.82, 2.24) is 15.6 Å². The van der Waals surface area contributed by atoms with E-state index in [1.807, 2.05) is 24.3 Å². The van der Waals surface area contributed by atoms with Crippen LogP contribution >= 0.6 is 46.5 Å². The summed E-state index contributed by atoms with van der Waals surface area (Å²) >= 11 is 9.92. The Morgan fingerprint density at radius 2 is 1.77 bits per heavy atom. The van der Waals surface area contributed by atoms with E-state index >= 15 is 0 Å². The van der Waals surface area contributed by atoms with Gasteiger partial charge in [-0.15, -0.1) is 10.2 Å². The number of halogens is 4. The standard InChI is InChI=1S/C19H14ClF3N4OS3/c20-14-7-5-12(6-8-14)10-29-17-26-27-18(31-17)30-11-16(28)25-24-9-13-3-1-2-4-15(13)19(21,22)23/h1-9H,10-11H2,(H,25,28)/b24-9-. The molecule has 12 heteroatoms. The zero-order valence-electron chi connectivity index (χ0n) is 15.6. The topological polar surface area (TPSA) is 67.2 Å². The fourth-order valence-corrected chi connectivity index (χ4v) is 5.13. The minimum atomic E-state index is -4.50. The van der Waals surface area contributed by atoms with Gasteiger partial charge in [0.05, 0.1) is 17.5 Å². The van der Waals surface area contributed by atoms with Crippen LogP contribution in [0.2, 0.25) is 5.02 Å². The number of nitrogens with zero attached hydrogens (tertiary/aromatic N) is 3. The molecule has 0 saturated carbocycles. The fourth-order valence-electron chi connectivity index (χ4n) is 2.24. The molecule has 0 saturated heterocycles. The van der Waals surface area contributed by atoms with Crippen LogP contribution in [0.25, 0.3) is 0 Å². The molecule has 162 valence electrons. The number of rotatable bonds is 8. The average molecular weight is 503 g/mol. The number of nitrogens with one attached hydrogen (secondary N) is 1. The smallest absolute Gasteiger partial charge is 0.272 e. The minimum Gasteiger partial charge on any atom is -0.272 e. The van der Waals surface area contributed by atoms with Crippen molar-refractivity contribution in [1.29, 1.82) is 0 Å². The van der Waals surface area contributed by atoms with E-state index in [-0.39, 0.29) is 11.3 Å². The van der Waals surface area contributed by atoms with Gasteiger partial charge in [-0.1, -0.05) is 76.8 Å². The predicted molar refractivity (Wildman–Crippen MR) is 119 cm³/mol. The second kappa shape index (κ2) is 11.0. The lowest BCUT2D eigenvalue weighted by atomic mass is 10.1. The maximum Gasteiger partial charge on any atom is 0.417 e. The number of benzene rings is 2. The molecule has 1 heterocycles. The van der Waals surface area contributed by atoms with E-state index in [0.717, 1.165) is 22.2 Å². The second-order valence-corrected chi connectivity index (χ2v) is 9.77. The highest BCUT2D eigenvalue weighted by atomic mass is 35.5. The maximum absolute atomic E-state index is 12.9. The molecular weight excluding hydrogens is 489 g/mol. The van der Waals surface area contributed by atoms with Crippen LogP contribution in [0.15, 0.2) is 62.3 Å². The normalized spacial score (nSPS) is 11.7. The van der Waals surface area contributed by atoms with E-state index in [2.05, 4.69) is 20.7 Å². The van der Waals surface area contributed by atoms with Gasteiger partial charge in [0, 0.05) is 16.3 Å². The Kier molecular flexibility index (Phi) is 8.35. The molecule has 0 spiro atoms. The van der Waals surface area contributed by atoms with Gasteiger partial charge in [0.1, 0.15) is 0 Å². The van der Waals surface area contributed by atoms with Crippen LogP contribution in [0.5, 0.6) is 0 Å². The number of hydrogen-bond acceptors (Lipinski definition) is 7. The second-order valence-electron chi connectivity index (χ2n) is 5.92. The van der Waals surface area contributed by atoms with Gasteiger partial charge in [0.15, 0.2) is 8.68 Å². The summed E-state index contributed by atoms with van der Waals surface area (Å²) in [6.45, 7) is 0. The van der Waals surface area contributed by atoms with Crippen LogP contribution in [0.4, 0.5) is 13.2 Å². The minimum absolute atomic E-state index is 0.00867. The molecule has 3 rings (SSSR count). The first-order valence-electron chi connectivity index (χ1n) is 8.63. The van der Waals surface area contributed by atoms with Gasteiger partial charge in [-0.05, 0) is 23.8 Å². The van der Waals surface area contributed by atoms with Gasteiger partial charge in [-0.25, -0.2) is 5.43 Å². The molecule has 0 aliphatic carbocycles. The zero-order valence-corrected chi connectivity index (χ0v) is 18.8. The third-order valence-corrected chi connectivity index (χ3v) is 7.16. The Morgan fingerprint density at radius 3 is 2.48 bits per heavy atom. The van der Waals surface area contributed by atoms with E-state index in [1.165, 1.54) is 53.1 Å². The van der Waals surface area contributed by atoms with Crippen molar-refractivity contribution in [3.63, 3.8) is 0 Å². The summed E-state index contributed by atoms with van der Waals surface area (Å²) in [7, 11) is 0. The molecule has 5 nitrogen and oxygen atoms in total. The lowest BCUT2D eigenvalue weighted by Gasteiger charge is -2.09. The molecule has 1 amide bonds. The number of carbonyl (C=O) groups is 1. The Balaban J connectivity index is 1.45. The lowest BCUT2D eigenvalue weighted by Crippen LogP contribution is -2.20. The van der Waals surface area contributed by atoms with Crippen LogP contribution in [-0.2, 0) is 16.7 Å². The third kappa shape index (κ3) is 7.53. The van der Waals surface area contributed by atoms with Crippen LogP contribution in [-0.4, -0.2) is 28.1 Å². The van der Waals surface area contributed by atoms with Crippen molar-refractivity contribution in [3.8, 4) is 0 Å². The quantitative estimate of drug-likeness (QED) is 0.241. The van der Waals surface area contributed by atoms with Gasteiger partial charge in [0.2, 0.25) is 0 Å². The van der Waals surface area contributed by atoms with Crippen molar-refractivity contribution >= 4 is 58.6 Å². The van der Waals surface area contributed by atoms with Crippen LogP contribution in [0.3, 0.4) is 0 Å². The lowest BCUT2D eigenvalue weighted by molar-refractivity contribution is -0.137. The number of carbonyl (C=O) groups excluding carboxylic acids is 1. The summed E-state index contributed by atoms with van der Waals surface area (Å²) in [6, 6.07) is 12.5. The fraction of sp³-hybridized carbons (Fsp3) is 0.158. The molecule has 2 aromatic carbocycles. The van der Waals surface area contributed by atoms with Crippen molar-refractivity contribution < 1.29 is 18.0 Å². The largest absolute Gasteiger partial charge is 0.417 e. The van der Waals surface area contributed by atoms with Crippen LogP contribution < -0.4 is 5.43 Å². The van der Waals surface area contributed by atoms with Crippen molar-refractivity contribution in [2.24, 2.45) is 5.10 Å². The zero-order chi connectivity index (χ0) is 22.3. The predicted octanol–water partition coefficient (Wildman–Crippen LogP) is 5.75. The van der Waals surface area contributed by atoms with E-state index in [9.17, 15) is 18.0 Å². The summed E-state index contributed by atoms with van der Waals surface area (Å²) in [5, 5.41) is 12.4. The SMILES string of the molecule is O=C(CSc1nnc(SCc2ccc(Cl)cc2)s1)N/N=C\c1ccccc1C(F)(F)F. The molecule has 0 bridgehead atoms. The van der Waals surface area contributed by atoms with Gasteiger partial charge >= 0.3 is 6.18 Å². The average Bonchev–Trinajstić information content (AvgIpc) is 3.19. The van der Waals surface area contributed by atoms with Gasteiger partial charge in [-0.2, -0.15) is 18.3 Å². The molecular formula is C19H14ClF3N4OS3. The number of hydrazone groups is 1. The highest BCUT2D eigenvalue weighted by Crippen LogP contribution is 2.32. The van der Waals surface area contributed by atoms with E-state index in [1.54, 1.807) is 0 Å². The Bertz CT molecular complexity index is 1060. The molecule has 1 aromatic heterocycles. The first kappa shape index (κ1) is 23.6. The molecule has 0 atom stereocenters. The monoisotopic (exact) mass is 502 g/mol. The molecule has 0 aliphatic heterocycles. The summed E-state index contributed by atoms with van der Waals surface area (Å²) in [5.41, 5.74) is 2.37. The number of aromatic nitrogens is 2. The van der Waals surface area contributed by atoms with Crippen molar-refractivity contribution in [2.45, 2.75) is 20.6 Å². The Labute approximate surface area is 193 Å². The molecule has 0 radical (unpaired) electrons. The molecule has 0 unspecified atom stereocenters. The summed E-state index contributed by atoms with van der Waals surface area (Å²) < 4.78 is 40.2. The molecule has 1 N–H and O–H groups in total.